The van der Waals surface area contributed by atoms with Crippen LogP contribution < -0.4 is 0 Å². The molecule has 1 aromatic carbocycles. The molecule has 1 saturated heterocycles. The molecule has 25 heavy (non-hydrogen) atoms. The van der Waals surface area contributed by atoms with Gasteiger partial charge in [-0.2, -0.15) is 5.10 Å². The van der Waals surface area contributed by atoms with E-state index in [1.54, 1.807) is 4.68 Å². The maximum absolute atomic E-state index is 12.4. The highest BCUT2D eigenvalue weighted by molar-refractivity contribution is 5.88. The Kier molecular flexibility index (Phi) is 4.19. The van der Waals surface area contributed by atoms with Gasteiger partial charge in [0.15, 0.2) is 0 Å². The number of hydrogen-bond acceptors (Lipinski definition) is 4. The van der Waals surface area contributed by atoms with Crippen molar-refractivity contribution in [3.8, 4) is 11.1 Å². The zero-order valence-corrected chi connectivity index (χ0v) is 14.2. The molecule has 0 N–H and O–H groups in total. The van der Waals surface area contributed by atoms with Crippen molar-refractivity contribution in [2.75, 3.05) is 26.3 Å². The number of aryl methyl sites for hydroxylation is 1. The normalized spacial score (nSPS) is 14.8. The molecule has 0 saturated carbocycles. The first-order valence-corrected chi connectivity index (χ1v) is 8.42. The molecule has 128 valence electrons. The number of aromatic nitrogens is 3. The van der Waals surface area contributed by atoms with E-state index in [-0.39, 0.29) is 5.91 Å². The summed E-state index contributed by atoms with van der Waals surface area (Å²) in [6.45, 7) is 2.56. The van der Waals surface area contributed by atoms with Crippen molar-refractivity contribution in [3.63, 3.8) is 0 Å². The second-order valence-electron chi connectivity index (χ2n) is 6.31. The summed E-state index contributed by atoms with van der Waals surface area (Å²) in [7, 11) is 1.91. The smallest absolute Gasteiger partial charge is 0.228 e. The fourth-order valence-corrected chi connectivity index (χ4v) is 3.11. The molecule has 0 atom stereocenters. The molecular formula is C19H20N4O2. The fourth-order valence-electron chi connectivity index (χ4n) is 3.11. The van der Waals surface area contributed by atoms with E-state index in [1.807, 2.05) is 36.6 Å². The maximum atomic E-state index is 12.4. The van der Waals surface area contributed by atoms with Gasteiger partial charge in [-0.05, 0) is 23.1 Å². The Bertz CT molecular complexity index is 913. The zero-order valence-electron chi connectivity index (χ0n) is 14.2. The van der Waals surface area contributed by atoms with Gasteiger partial charge in [0.05, 0.1) is 31.5 Å². The predicted molar refractivity (Wildman–Crippen MR) is 95.0 cm³/mol. The number of pyridine rings is 1. The van der Waals surface area contributed by atoms with E-state index >= 15 is 0 Å². The van der Waals surface area contributed by atoms with Crippen LogP contribution in [-0.4, -0.2) is 51.9 Å². The fraction of sp³-hybridized carbons (Fsp3) is 0.316. The molecule has 1 aliphatic rings. The summed E-state index contributed by atoms with van der Waals surface area (Å²) >= 11 is 0. The zero-order chi connectivity index (χ0) is 17.2. The molecule has 0 unspecified atom stereocenters. The maximum Gasteiger partial charge on any atom is 0.228 e. The number of hydrogen-bond donors (Lipinski definition) is 0. The van der Waals surface area contributed by atoms with Crippen LogP contribution in [0, 0.1) is 0 Å². The largest absolute Gasteiger partial charge is 0.378 e. The Labute approximate surface area is 146 Å². The van der Waals surface area contributed by atoms with Crippen LogP contribution in [0.3, 0.4) is 0 Å². The van der Waals surface area contributed by atoms with Gasteiger partial charge in [-0.25, -0.2) is 0 Å². The van der Waals surface area contributed by atoms with E-state index in [2.05, 4.69) is 28.3 Å². The van der Waals surface area contributed by atoms with Gasteiger partial charge in [0.1, 0.15) is 0 Å². The number of carbonyl (C=O) groups is 1. The van der Waals surface area contributed by atoms with Gasteiger partial charge in [0, 0.05) is 43.5 Å². The summed E-state index contributed by atoms with van der Waals surface area (Å²) < 4.78 is 7.09. The summed E-state index contributed by atoms with van der Waals surface area (Å²) in [5.74, 6) is 0.110. The van der Waals surface area contributed by atoms with Crippen molar-refractivity contribution >= 4 is 16.7 Å². The first-order valence-electron chi connectivity index (χ1n) is 8.42. The van der Waals surface area contributed by atoms with E-state index in [0.717, 1.165) is 27.6 Å². The van der Waals surface area contributed by atoms with E-state index in [4.69, 9.17) is 4.74 Å². The summed E-state index contributed by atoms with van der Waals surface area (Å²) in [4.78, 5) is 18.7. The van der Waals surface area contributed by atoms with Crippen molar-refractivity contribution < 1.29 is 9.53 Å². The Balaban J connectivity index is 1.59. The lowest BCUT2D eigenvalue weighted by atomic mass is 10.0. The molecule has 0 aliphatic carbocycles. The minimum atomic E-state index is 0.110. The van der Waals surface area contributed by atoms with Crippen LogP contribution in [0.1, 0.15) is 5.69 Å². The molecule has 4 rings (SSSR count). The van der Waals surface area contributed by atoms with E-state index in [1.165, 1.54) is 0 Å². The van der Waals surface area contributed by atoms with Gasteiger partial charge >= 0.3 is 0 Å². The third-order valence-corrected chi connectivity index (χ3v) is 4.51. The van der Waals surface area contributed by atoms with Crippen LogP contribution >= 0.6 is 0 Å². The third-order valence-electron chi connectivity index (χ3n) is 4.51. The molecule has 3 heterocycles. The number of rotatable bonds is 3. The molecule has 1 amide bonds. The van der Waals surface area contributed by atoms with Gasteiger partial charge < -0.3 is 9.64 Å². The first kappa shape index (κ1) is 15.8. The Morgan fingerprint density at radius 3 is 2.72 bits per heavy atom. The number of ether oxygens (including phenoxy) is 1. The van der Waals surface area contributed by atoms with E-state index < -0.39 is 0 Å². The molecule has 1 aliphatic heterocycles. The van der Waals surface area contributed by atoms with Gasteiger partial charge in [0.2, 0.25) is 5.91 Å². The van der Waals surface area contributed by atoms with Crippen LogP contribution in [0.5, 0.6) is 0 Å². The average molecular weight is 336 g/mol. The molecule has 1 fully saturated rings. The molecule has 0 bridgehead atoms. The second kappa shape index (κ2) is 6.64. The Morgan fingerprint density at radius 2 is 1.96 bits per heavy atom. The van der Waals surface area contributed by atoms with Gasteiger partial charge in [-0.3, -0.25) is 14.5 Å². The topological polar surface area (TPSA) is 60.2 Å². The van der Waals surface area contributed by atoms with Crippen molar-refractivity contribution in [3.05, 3.63) is 48.5 Å². The van der Waals surface area contributed by atoms with Gasteiger partial charge in [-0.15, -0.1) is 0 Å². The number of morpholine rings is 1. The molecule has 6 nitrogen and oxygen atoms in total. The standard InChI is InChI=1S/C19H20N4O2/c1-22-13-17(12-21-22)14-2-3-15-11-20-18(9-16(15)8-14)10-19(24)23-4-6-25-7-5-23/h2-3,8-9,11-13H,4-7,10H2,1H3. The number of benzene rings is 1. The number of carbonyl (C=O) groups excluding carboxylic acids is 1. The van der Waals surface area contributed by atoms with E-state index in [9.17, 15) is 4.79 Å². The van der Waals surface area contributed by atoms with Crippen LogP contribution in [0.15, 0.2) is 42.9 Å². The monoisotopic (exact) mass is 336 g/mol. The Morgan fingerprint density at radius 1 is 1.12 bits per heavy atom. The van der Waals surface area contributed by atoms with Crippen LogP contribution in [0.2, 0.25) is 0 Å². The molecular weight excluding hydrogens is 316 g/mol. The minimum absolute atomic E-state index is 0.110. The van der Waals surface area contributed by atoms with Crippen LogP contribution in [-0.2, 0) is 23.0 Å². The quantitative estimate of drug-likeness (QED) is 0.734. The predicted octanol–water partition coefficient (Wildman–Crippen LogP) is 2.04. The highest BCUT2D eigenvalue weighted by Crippen LogP contribution is 2.24. The molecule has 6 heteroatoms. The van der Waals surface area contributed by atoms with Crippen molar-refractivity contribution in [2.45, 2.75) is 6.42 Å². The SMILES string of the molecule is Cn1cc(-c2ccc3cnc(CC(=O)N4CCOCC4)cc3c2)cn1. The summed E-state index contributed by atoms with van der Waals surface area (Å²) in [5, 5.41) is 6.38. The molecule has 0 radical (unpaired) electrons. The lowest BCUT2D eigenvalue weighted by Crippen LogP contribution is -2.41. The average Bonchev–Trinajstić information content (AvgIpc) is 3.08. The number of amides is 1. The third kappa shape index (κ3) is 3.39. The Hall–Kier alpha value is -2.73. The highest BCUT2D eigenvalue weighted by atomic mass is 16.5. The lowest BCUT2D eigenvalue weighted by Gasteiger charge is -2.26. The second-order valence-corrected chi connectivity index (χ2v) is 6.31. The van der Waals surface area contributed by atoms with Crippen molar-refractivity contribution in [1.29, 1.82) is 0 Å². The summed E-state index contributed by atoms with van der Waals surface area (Å²) in [6, 6.07) is 8.25. The molecule has 2 aromatic heterocycles. The number of fused-ring (bicyclic) bond motifs is 1. The first-order chi connectivity index (χ1) is 12.2. The summed E-state index contributed by atoms with van der Waals surface area (Å²) in [5.41, 5.74) is 2.98. The molecule has 3 aromatic rings. The van der Waals surface area contributed by atoms with Gasteiger partial charge in [0.25, 0.3) is 0 Å². The summed E-state index contributed by atoms with van der Waals surface area (Å²) in [6.07, 6.45) is 6.01. The van der Waals surface area contributed by atoms with Crippen LogP contribution in [0.4, 0.5) is 0 Å². The van der Waals surface area contributed by atoms with Crippen LogP contribution in [0.25, 0.3) is 21.9 Å². The highest BCUT2D eigenvalue weighted by Gasteiger charge is 2.17. The number of nitrogens with zero attached hydrogens (tertiary/aromatic N) is 4. The molecule has 0 spiro atoms. The van der Waals surface area contributed by atoms with Gasteiger partial charge in [-0.1, -0.05) is 12.1 Å². The lowest BCUT2D eigenvalue weighted by molar-refractivity contribution is -0.134. The van der Waals surface area contributed by atoms with Crippen molar-refractivity contribution in [2.24, 2.45) is 7.05 Å². The minimum Gasteiger partial charge on any atom is -0.378 e. The van der Waals surface area contributed by atoms with E-state index in [0.29, 0.717) is 32.7 Å². The van der Waals surface area contributed by atoms with Crippen molar-refractivity contribution in [1.82, 2.24) is 19.7 Å².